The van der Waals surface area contributed by atoms with Crippen molar-refractivity contribution in [2.45, 2.75) is 32.0 Å². The molecule has 1 saturated carbocycles. The maximum absolute atomic E-state index is 5.74. The Kier molecular flexibility index (Phi) is 4.33. The predicted molar refractivity (Wildman–Crippen MR) is 82.6 cm³/mol. The summed E-state index contributed by atoms with van der Waals surface area (Å²) in [4.78, 5) is 4.26. The molecule has 0 bridgehead atoms. The first-order valence-electron chi connectivity index (χ1n) is 6.85. The topological polar surface area (TPSA) is 34.1 Å². The third kappa shape index (κ3) is 4.05. The molecule has 1 aliphatic rings. The normalized spacial score (nSPS) is 14.2. The highest BCUT2D eigenvalue weighted by atomic mass is 79.9. The van der Waals surface area contributed by atoms with Gasteiger partial charge in [0, 0.05) is 29.3 Å². The van der Waals surface area contributed by atoms with Gasteiger partial charge < -0.3 is 10.1 Å². The Bertz CT molecular complexity index is 567. The summed E-state index contributed by atoms with van der Waals surface area (Å²) in [5, 5.41) is 3.49. The van der Waals surface area contributed by atoms with E-state index in [4.69, 9.17) is 4.74 Å². The van der Waals surface area contributed by atoms with Gasteiger partial charge in [-0.2, -0.15) is 0 Å². The fraction of sp³-hybridized carbons (Fsp3) is 0.312. The van der Waals surface area contributed by atoms with E-state index < -0.39 is 0 Å². The van der Waals surface area contributed by atoms with Crippen molar-refractivity contribution < 1.29 is 4.74 Å². The number of aromatic nitrogens is 1. The van der Waals surface area contributed by atoms with Crippen LogP contribution in [0, 0.1) is 0 Å². The largest absolute Gasteiger partial charge is 0.473 e. The van der Waals surface area contributed by atoms with Gasteiger partial charge in [0.15, 0.2) is 0 Å². The first-order chi connectivity index (χ1) is 9.79. The van der Waals surface area contributed by atoms with Gasteiger partial charge in [-0.3, -0.25) is 0 Å². The van der Waals surface area contributed by atoms with Crippen molar-refractivity contribution in [1.29, 1.82) is 0 Å². The molecule has 3 nitrogen and oxygen atoms in total. The summed E-state index contributed by atoms with van der Waals surface area (Å²) in [6, 6.07) is 12.9. The smallest absolute Gasteiger partial charge is 0.213 e. The molecule has 1 N–H and O–H groups in total. The molecule has 1 aromatic carbocycles. The van der Waals surface area contributed by atoms with Crippen molar-refractivity contribution in [3.63, 3.8) is 0 Å². The average molecular weight is 333 g/mol. The van der Waals surface area contributed by atoms with Gasteiger partial charge in [0.2, 0.25) is 5.88 Å². The molecule has 0 atom stereocenters. The summed E-state index contributed by atoms with van der Waals surface area (Å²) in [6.07, 6.45) is 4.41. The highest BCUT2D eigenvalue weighted by Crippen LogP contribution is 2.20. The van der Waals surface area contributed by atoms with E-state index in [1.807, 2.05) is 36.4 Å². The molecule has 0 unspecified atom stereocenters. The van der Waals surface area contributed by atoms with Crippen LogP contribution in [0.25, 0.3) is 0 Å². The Labute approximate surface area is 127 Å². The summed E-state index contributed by atoms with van der Waals surface area (Å²) in [7, 11) is 0. The van der Waals surface area contributed by atoms with Crippen molar-refractivity contribution >= 4 is 15.9 Å². The molecule has 1 heterocycles. The van der Waals surface area contributed by atoms with E-state index in [1.54, 1.807) is 6.20 Å². The molecule has 0 spiro atoms. The Morgan fingerprint density at radius 2 is 1.95 bits per heavy atom. The molecule has 1 aliphatic carbocycles. The molecule has 3 rings (SSSR count). The van der Waals surface area contributed by atoms with Crippen LogP contribution in [0.3, 0.4) is 0 Å². The number of hydrogen-bond donors (Lipinski definition) is 1. The van der Waals surface area contributed by atoms with Crippen molar-refractivity contribution in [3.8, 4) is 5.88 Å². The monoisotopic (exact) mass is 332 g/mol. The fourth-order valence-electron chi connectivity index (χ4n) is 1.93. The minimum atomic E-state index is 0.541. The summed E-state index contributed by atoms with van der Waals surface area (Å²) < 4.78 is 6.82. The highest BCUT2D eigenvalue weighted by molar-refractivity contribution is 9.10. The number of nitrogens with one attached hydrogen (secondary N) is 1. The zero-order valence-electron chi connectivity index (χ0n) is 11.2. The van der Waals surface area contributed by atoms with Gasteiger partial charge >= 0.3 is 0 Å². The molecule has 1 aromatic heterocycles. The van der Waals surface area contributed by atoms with Crippen LogP contribution in [0.4, 0.5) is 0 Å². The lowest BCUT2D eigenvalue weighted by atomic mass is 10.2. The van der Waals surface area contributed by atoms with Crippen molar-refractivity contribution in [3.05, 3.63) is 58.2 Å². The lowest BCUT2D eigenvalue weighted by Crippen LogP contribution is -2.15. The first kappa shape index (κ1) is 13.6. The number of pyridine rings is 1. The van der Waals surface area contributed by atoms with Crippen LogP contribution in [-0.2, 0) is 13.2 Å². The lowest BCUT2D eigenvalue weighted by Gasteiger charge is -2.08. The van der Waals surface area contributed by atoms with Gasteiger partial charge in [-0.25, -0.2) is 4.98 Å². The predicted octanol–water partition coefficient (Wildman–Crippen LogP) is 3.68. The van der Waals surface area contributed by atoms with Gasteiger partial charge in [-0.15, -0.1) is 0 Å². The van der Waals surface area contributed by atoms with E-state index in [-0.39, 0.29) is 0 Å². The molecule has 2 aromatic rings. The second kappa shape index (κ2) is 6.37. The number of ether oxygens (including phenoxy) is 1. The quantitative estimate of drug-likeness (QED) is 0.876. The maximum Gasteiger partial charge on any atom is 0.213 e. The van der Waals surface area contributed by atoms with E-state index in [0.29, 0.717) is 12.5 Å². The second-order valence-electron chi connectivity index (χ2n) is 5.07. The van der Waals surface area contributed by atoms with Crippen LogP contribution in [0.5, 0.6) is 5.88 Å². The lowest BCUT2D eigenvalue weighted by molar-refractivity contribution is 0.293. The molecular formula is C16H17BrN2O. The van der Waals surface area contributed by atoms with Crippen molar-refractivity contribution in [2.75, 3.05) is 0 Å². The van der Waals surface area contributed by atoms with Gasteiger partial charge in [0.05, 0.1) is 0 Å². The average Bonchev–Trinajstić information content (AvgIpc) is 3.29. The SMILES string of the molecule is Brc1ccc(COc2cc(CNC3CC3)ccn2)cc1. The third-order valence-electron chi connectivity index (χ3n) is 3.27. The Morgan fingerprint density at radius 1 is 1.15 bits per heavy atom. The molecule has 1 fully saturated rings. The number of rotatable bonds is 6. The minimum absolute atomic E-state index is 0.541. The number of nitrogens with zero attached hydrogens (tertiary/aromatic N) is 1. The van der Waals surface area contributed by atoms with E-state index in [1.165, 1.54) is 18.4 Å². The third-order valence-corrected chi connectivity index (χ3v) is 3.80. The minimum Gasteiger partial charge on any atom is -0.473 e. The Balaban J connectivity index is 1.56. The highest BCUT2D eigenvalue weighted by Gasteiger charge is 2.19. The van der Waals surface area contributed by atoms with Crippen LogP contribution < -0.4 is 10.1 Å². The van der Waals surface area contributed by atoms with Crippen molar-refractivity contribution in [2.24, 2.45) is 0 Å². The fourth-order valence-corrected chi connectivity index (χ4v) is 2.19. The second-order valence-corrected chi connectivity index (χ2v) is 5.99. The van der Waals surface area contributed by atoms with Crippen LogP contribution >= 0.6 is 15.9 Å². The van der Waals surface area contributed by atoms with Gasteiger partial charge in [-0.1, -0.05) is 28.1 Å². The molecule has 20 heavy (non-hydrogen) atoms. The summed E-state index contributed by atoms with van der Waals surface area (Å²) in [6.45, 7) is 1.43. The standard InChI is InChI=1S/C16H17BrN2O/c17-14-3-1-12(2-4-14)11-20-16-9-13(7-8-18-16)10-19-15-5-6-15/h1-4,7-9,15,19H,5-6,10-11H2. The van der Waals surface area contributed by atoms with Crippen LogP contribution in [-0.4, -0.2) is 11.0 Å². The van der Waals surface area contributed by atoms with Gasteiger partial charge in [0.1, 0.15) is 6.61 Å². The molecule has 0 saturated heterocycles. The molecular weight excluding hydrogens is 316 g/mol. The van der Waals surface area contributed by atoms with E-state index in [2.05, 4.69) is 26.2 Å². The first-order valence-corrected chi connectivity index (χ1v) is 7.64. The number of benzene rings is 1. The molecule has 0 aliphatic heterocycles. The zero-order valence-corrected chi connectivity index (χ0v) is 12.8. The van der Waals surface area contributed by atoms with Gasteiger partial charge in [-0.05, 0) is 42.2 Å². The van der Waals surface area contributed by atoms with Crippen LogP contribution in [0.1, 0.15) is 24.0 Å². The molecule has 0 amide bonds. The zero-order chi connectivity index (χ0) is 13.8. The maximum atomic E-state index is 5.74. The number of halogens is 1. The Morgan fingerprint density at radius 3 is 2.70 bits per heavy atom. The molecule has 0 radical (unpaired) electrons. The molecule has 104 valence electrons. The summed E-state index contributed by atoms with van der Waals surface area (Å²) in [5.74, 6) is 0.683. The van der Waals surface area contributed by atoms with E-state index in [0.717, 1.165) is 22.6 Å². The summed E-state index contributed by atoms with van der Waals surface area (Å²) >= 11 is 3.42. The summed E-state index contributed by atoms with van der Waals surface area (Å²) in [5.41, 5.74) is 2.36. The van der Waals surface area contributed by atoms with Crippen LogP contribution in [0.2, 0.25) is 0 Å². The van der Waals surface area contributed by atoms with Gasteiger partial charge in [0.25, 0.3) is 0 Å². The van der Waals surface area contributed by atoms with E-state index >= 15 is 0 Å². The molecule has 4 heteroatoms. The Hall–Kier alpha value is -1.39. The van der Waals surface area contributed by atoms with Crippen LogP contribution in [0.15, 0.2) is 47.1 Å². The van der Waals surface area contributed by atoms with Crippen molar-refractivity contribution in [1.82, 2.24) is 10.3 Å². The van der Waals surface area contributed by atoms with E-state index in [9.17, 15) is 0 Å². The number of hydrogen-bond acceptors (Lipinski definition) is 3.